The number of aromatic nitrogens is 3. The van der Waals surface area contributed by atoms with Crippen molar-refractivity contribution in [3.05, 3.63) is 26.5 Å². The number of hydrogen-bond donors (Lipinski definition) is 2. The monoisotopic (exact) mass is 396 g/mol. The van der Waals surface area contributed by atoms with Crippen LogP contribution in [0.2, 0.25) is 0 Å². The second-order valence-electron chi connectivity index (χ2n) is 5.96. The highest BCUT2D eigenvalue weighted by molar-refractivity contribution is 7.99. The molecule has 0 unspecified atom stereocenters. The van der Waals surface area contributed by atoms with Gasteiger partial charge in [-0.15, -0.1) is 16.4 Å². The van der Waals surface area contributed by atoms with Crippen molar-refractivity contribution in [2.75, 3.05) is 17.7 Å². The van der Waals surface area contributed by atoms with E-state index in [0.29, 0.717) is 15.7 Å². The Hall–Kier alpha value is -2.07. The van der Waals surface area contributed by atoms with Crippen LogP contribution in [-0.2, 0) is 9.53 Å². The van der Waals surface area contributed by atoms with E-state index in [4.69, 9.17) is 4.74 Å². The lowest BCUT2D eigenvalue weighted by Gasteiger charge is -2.07. The molecule has 1 aliphatic rings. The quantitative estimate of drug-likeness (QED) is 0.550. The number of nitrogens with zero attached hydrogens (tertiary/aromatic N) is 2. The van der Waals surface area contributed by atoms with Gasteiger partial charge in [-0.3, -0.25) is 9.36 Å². The topological polar surface area (TPSA) is 106 Å². The number of esters is 1. The van der Waals surface area contributed by atoms with Gasteiger partial charge < -0.3 is 10.1 Å². The number of aryl methyl sites for hydroxylation is 1. The Bertz CT molecular complexity index is 895. The van der Waals surface area contributed by atoms with Gasteiger partial charge in [-0.2, -0.15) is 0 Å². The largest absolute Gasteiger partial charge is 0.462 e. The minimum Gasteiger partial charge on any atom is -0.462 e. The molecule has 1 amide bonds. The number of aromatic amines is 1. The number of carbonyl (C=O) groups is 2. The summed E-state index contributed by atoms with van der Waals surface area (Å²) >= 11 is 2.54. The number of rotatable bonds is 7. The first kappa shape index (κ1) is 18.7. The van der Waals surface area contributed by atoms with Gasteiger partial charge in [-0.1, -0.05) is 11.8 Å². The second kappa shape index (κ2) is 7.67. The summed E-state index contributed by atoms with van der Waals surface area (Å²) in [5.41, 5.74) is 0.971. The van der Waals surface area contributed by atoms with Crippen LogP contribution in [0.4, 0.5) is 5.00 Å². The van der Waals surface area contributed by atoms with Crippen LogP contribution in [0.15, 0.2) is 9.95 Å². The predicted octanol–water partition coefficient (Wildman–Crippen LogP) is 2.49. The van der Waals surface area contributed by atoms with Gasteiger partial charge >= 0.3 is 11.7 Å². The molecule has 3 rings (SSSR count). The third kappa shape index (κ3) is 3.85. The Morgan fingerprint density at radius 1 is 1.42 bits per heavy atom. The van der Waals surface area contributed by atoms with Crippen LogP contribution in [0.1, 0.15) is 46.6 Å². The molecule has 0 atom stereocenters. The summed E-state index contributed by atoms with van der Waals surface area (Å²) < 4.78 is 6.68. The van der Waals surface area contributed by atoms with E-state index < -0.39 is 5.97 Å². The van der Waals surface area contributed by atoms with Crippen LogP contribution in [0.3, 0.4) is 0 Å². The normalized spacial score (nSPS) is 13.7. The van der Waals surface area contributed by atoms with Crippen molar-refractivity contribution in [1.29, 1.82) is 0 Å². The van der Waals surface area contributed by atoms with Gasteiger partial charge in [0.1, 0.15) is 5.00 Å². The van der Waals surface area contributed by atoms with Gasteiger partial charge in [0.05, 0.1) is 17.9 Å². The number of hydrogen-bond acceptors (Lipinski definition) is 7. The fraction of sp³-hybridized carbons (Fsp3) is 0.500. The summed E-state index contributed by atoms with van der Waals surface area (Å²) in [4.78, 5) is 37.2. The lowest BCUT2D eigenvalue weighted by atomic mass is 10.1. The van der Waals surface area contributed by atoms with Crippen molar-refractivity contribution in [2.24, 2.45) is 0 Å². The van der Waals surface area contributed by atoms with E-state index in [0.717, 1.165) is 23.3 Å². The maximum atomic E-state index is 12.3. The van der Waals surface area contributed by atoms with E-state index in [1.807, 2.05) is 13.8 Å². The zero-order chi connectivity index (χ0) is 18.8. The fourth-order valence-corrected chi connectivity index (χ4v) is 4.38. The molecule has 10 heteroatoms. The van der Waals surface area contributed by atoms with Crippen molar-refractivity contribution in [2.45, 2.75) is 44.8 Å². The molecule has 0 aliphatic heterocycles. The summed E-state index contributed by atoms with van der Waals surface area (Å²) in [6.45, 7) is 5.74. The van der Waals surface area contributed by atoms with Crippen LogP contribution < -0.4 is 11.0 Å². The van der Waals surface area contributed by atoms with Gasteiger partial charge in [-0.25, -0.2) is 14.7 Å². The Labute approximate surface area is 158 Å². The van der Waals surface area contributed by atoms with Gasteiger partial charge in [0.25, 0.3) is 0 Å². The van der Waals surface area contributed by atoms with Crippen molar-refractivity contribution in [1.82, 2.24) is 14.8 Å². The molecule has 0 spiro atoms. The van der Waals surface area contributed by atoms with E-state index in [-0.39, 0.29) is 30.0 Å². The molecular weight excluding hydrogens is 376 g/mol. The number of anilines is 1. The maximum absolute atomic E-state index is 12.3. The molecule has 1 aliphatic carbocycles. The lowest BCUT2D eigenvalue weighted by Crippen LogP contribution is -2.18. The molecule has 0 radical (unpaired) electrons. The molecule has 1 saturated carbocycles. The van der Waals surface area contributed by atoms with Crippen LogP contribution in [0.5, 0.6) is 0 Å². The maximum Gasteiger partial charge on any atom is 0.344 e. The van der Waals surface area contributed by atoms with Gasteiger partial charge in [-0.05, 0) is 39.2 Å². The van der Waals surface area contributed by atoms with E-state index in [1.165, 1.54) is 23.1 Å². The predicted molar refractivity (Wildman–Crippen MR) is 100 cm³/mol. The van der Waals surface area contributed by atoms with Crippen LogP contribution in [-0.4, -0.2) is 39.0 Å². The van der Waals surface area contributed by atoms with Crippen molar-refractivity contribution < 1.29 is 14.3 Å². The highest BCUT2D eigenvalue weighted by Crippen LogP contribution is 2.36. The summed E-state index contributed by atoms with van der Waals surface area (Å²) in [6.07, 6.45) is 1.91. The Morgan fingerprint density at radius 3 is 2.81 bits per heavy atom. The van der Waals surface area contributed by atoms with Crippen LogP contribution >= 0.6 is 23.1 Å². The summed E-state index contributed by atoms with van der Waals surface area (Å²) in [7, 11) is 0. The third-order valence-corrected chi connectivity index (χ3v) is 6.11. The number of carbonyl (C=O) groups excluding carboxylic acids is 2. The summed E-state index contributed by atoms with van der Waals surface area (Å²) in [5, 5.41) is 10.2. The van der Waals surface area contributed by atoms with Crippen LogP contribution in [0, 0.1) is 13.8 Å². The van der Waals surface area contributed by atoms with E-state index >= 15 is 0 Å². The summed E-state index contributed by atoms with van der Waals surface area (Å²) in [6, 6.07) is 0.185. The molecule has 8 nitrogen and oxygen atoms in total. The Balaban J connectivity index is 1.68. The van der Waals surface area contributed by atoms with Gasteiger partial charge in [0.15, 0.2) is 5.16 Å². The molecule has 0 aromatic carbocycles. The average Bonchev–Trinajstić information content (AvgIpc) is 3.29. The number of H-pyrrole nitrogens is 1. The molecule has 2 aromatic heterocycles. The molecule has 2 aromatic rings. The summed E-state index contributed by atoms with van der Waals surface area (Å²) in [5.74, 6) is -0.610. The first-order valence-electron chi connectivity index (χ1n) is 8.29. The average molecular weight is 396 g/mol. The van der Waals surface area contributed by atoms with E-state index in [2.05, 4.69) is 15.5 Å². The molecular formula is C16H20N4O4S2. The van der Waals surface area contributed by atoms with E-state index in [9.17, 15) is 14.4 Å². The third-order valence-electron chi connectivity index (χ3n) is 4.03. The van der Waals surface area contributed by atoms with Crippen molar-refractivity contribution in [3.8, 4) is 0 Å². The van der Waals surface area contributed by atoms with Gasteiger partial charge in [0, 0.05) is 10.9 Å². The van der Waals surface area contributed by atoms with E-state index in [1.54, 1.807) is 11.5 Å². The number of thioether (sulfide) groups is 1. The smallest absolute Gasteiger partial charge is 0.344 e. The molecule has 2 heterocycles. The first-order valence-corrected chi connectivity index (χ1v) is 10.1. The standard InChI is InChI=1S/C16H20N4O4S2/c1-4-24-14(22)12-8(2)9(3)26-13(12)17-11(21)7-25-16-19-18-15(23)20(16)10-5-6-10/h10H,4-7H2,1-3H3,(H,17,21)(H,18,23). The second-order valence-corrected chi connectivity index (χ2v) is 8.12. The molecule has 26 heavy (non-hydrogen) atoms. The zero-order valence-corrected chi connectivity index (χ0v) is 16.4. The molecule has 1 fully saturated rings. The molecule has 140 valence electrons. The number of nitrogens with one attached hydrogen (secondary N) is 2. The highest BCUT2D eigenvalue weighted by atomic mass is 32.2. The van der Waals surface area contributed by atoms with Crippen LogP contribution in [0.25, 0.3) is 0 Å². The van der Waals surface area contributed by atoms with Crippen molar-refractivity contribution >= 4 is 40.0 Å². The zero-order valence-electron chi connectivity index (χ0n) is 14.7. The number of thiophene rings is 1. The fourth-order valence-electron chi connectivity index (χ4n) is 2.50. The minimum absolute atomic E-state index is 0.0925. The molecule has 0 bridgehead atoms. The van der Waals surface area contributed by atoms with Gasteiger partial charge in [0.2, 0.25) is 5.91 Å². The van der Waals surface area contributed by atoms with Crippen molar-refractivity contribution in [3.63, 3.8) is 0 Å². The Kier molecular flexibility index (Phi) is 5.52. The SMILES string of the molecule is CCOC(=O)c1c(NC(=O)CSc2n[nH]c(=O)n2C2CC2)sc(C)c1C. The molecule has 0 saturated heterocycles. The Morgan fingerprint density at radius 2 is 2.15 bits per heavy atom. The first-order chi connectivity index (χ1) is 12.4. The minimum atomic E-state index is -0.438. The highest BCUT2D eigenvalue weighted by Gasteiger charge is 2.29. The number of ether oxygens (including phenoxy) is 1. The number of amides is 1. The molecule has 2 N–H and O–H groups in total. The lowest BCUT2D eigenvalue weighted by molar-refractivity contribution is -0.113.